The predicted octanol–water partition coefficient (Wildman–Crippen LogP) is 1.07. The number of hydrogen-bond donors (Lipinski definition) is 3. The maximum absolute atomic E-state index is 9.79. The van der Waals surface area contributed by atoms with Gasteiger partial charge in [-0.1, -0.05) is 22.0 Å². The minimum absolute atomic E-state index is 0.293. The van der Waals surface area contributed by atoms with Crippen LogP contribution in [0.25, 0.3) is 0 Å². The summed E-state index contributed by atoms with van der Waals surface area (Å²) in [6, 6.07) is 4.91. The Balaban J connectivity index is 3.02. The zero-order valence-electron chi connectivity index (χ0n) is 8.35. The monoisotopic (exact) mass is 275 g/mol. The second-order valence-corrected chi connectivity index (χ2v) is 3.82. The molecule has 0 saturated heterocycles. The highest BCUT2D eigenvalue weighted by molar-refractivity contribution is 9.09. The van der Waals surface area contributed by atoms with Gasteiger partial charge in [0.1, 0.15) is 11.9 Å². The van der Waals surface area contributed by atoms with Crippen molar-refractivity contribution in [3.8, 4) is 5.75 Å². The van der Waals surface area contributed by atoms with Crippen LogP contribution in [0.1, 0.15) is 11.7 Å². The Morgan fingerprint density at radius 2 is 2.13 bits per heavy atom. The molecule has 84 valence electrons. The average Bonchev–Trinajstić information content (AvgIpc) is 2.26. The van der Waals surface area contributed by atoms with Crippen molar-refractivity contribution in [1.82, 2.24) is 0 Å². The fraction of sp³-hybridized carbons (Fsp3) is 0.400. The molecule has 2 atom stereocenters. The number of halogens is 1. The lowest BCUT2D eigenvalue weighted by Gasteiger charge is -2.18. The summed E-state index contributed by atoms with van der Waals surface area (Å²) in [6.45, 7) is 0. The summed E-state index contributed by atoms with van der Waals surface area (Å²) < 4.78 is 5.08. The van der Waals surface area contributed by atoms with Crippen molar-refractivity contribution in [1.29, 1.82) is 0 Å². The molecule has 0 aliphatic rings. The molecule has 0 amide bonds. The van der Waals surface area contributed by atoms with E-state index in [1.807, 2.05) is 0 Å². The van der Waals surface area contributed by atoms with Gasteiger partial charge < -0.3 is 20.7 Å². The largest absolute Gasteiger partial charge is 0.496 e. The molecule has 0 saturated carbocycles. The van der Waals surface area contributed by atoms with Crippen LogP contribution in [0.15, 0.2) is 18.2 Å². The Kier molecular flexibility index (Phi) is 4.38. The van der Waals surface area contributed by atoms with E-state index in [1.54, 1.807) is 18.2 Å². The maximum Gasteiger partial charge on any atom is 0.126 e. The Bertz CT molecular complexity index is 332. The van der Waals surface area contributed by atoms with E-state index >= 15 is 0 Å². The summed E-state index contributed by atoms with van der Waals surface area (Å²) in [5, 5.41) is 19.6. The third-order valence-corrected chi connectivity index (χ3v) is 2.76. The summed E-state index contributed by atoms with van der Waals surface area (Å²) in [5.41, 5.74) is 6.66. The number of hydrogen-bond acceptors (Lipinski definition) is 4. The number of rotatable bonds is 4. The SMILES string of the molecule is COc1cc(N)ccc1C(O)C(O)CBr. The van der Waals surface area contributed by atoms with Crippen molar-refractivity contribution in [2.45, 2.75) is 12.2 Å². The van der Waals surface area contributed by atoms with Crippen LogP contribution in [0.3, 0.4) is 0 Å². The molecule has 0 aliphatic heterocycles. The summed E-state index contributed by atoms with van der Waals surface area (Å²) >= 11 is 3.10. The van der Waals surface area contributed by atoms with Crippen LogP contribution < -0.4 is 10.5 Å². The molecule has 5 heteroatoms. The molecule has 15 heavy (non-hydrogen) atoms. The molecule has 0 radical (unpaired) electrons. The van der Waals surface area contributed by atoms with Gasteiger partial charge in [-0.2, -0.15) is 0 Å². The second-order valence-electron chi connectivity index (χ2n) is 3.17. The average molecular weight is 276 g/mol. The van der Waals surface area contributed by atoms with Crippen molar-refractivity contribution in [2.75, 3.05) is 18.2 Å². The topological polar surface area (TPSA) is 75.7 Å². The number of alkyl halides is 1. The molecule has 4 nitrogen and oxygen atoms in total. The van der Waals surface area contributed by atoms with Gasteiger partial charge in [0.25, 0.3) is 0 Å². The first-order valence-electron chi connectivity index (χ1n) is 4.45. The van der Waals surface area contributed by atoms with Crippen molar-refractivity contribution in [2.24, 2.45) is 0 Å². The van der Waals surface area contributed by atoms with E-state index in [4.69, 9.17) is 10.5 Å². The number of benzene rings is 1. The molecule has 0 bridgehead atoms. The number of aliphatic hydroxyl groups is 2. The van der Waals surface area contributed by atoms with Gasteiger partial charge in [0, 0.05) is 22.6 Å². The summed E-state index contributed by atoms with van der Waals surface area (Å²) in [6.07, 6.45) is -1.86. The van der Waals surface area contributed by atoms with E-state index in [9.17, 15) is 10.2 Å². The second kappa shape index (κ2) is 5.34. The summed E-state index contributed by atoms with van der Waals surface area (Å²) in [5.74, 6) is 0.475. The van der Waals surface area contributed by atoms with Crippen molar-refractivity contribution >= 4 is 21.6 Å². The van der Waals surface area contributed by atoms with E-state index in [-0.39, 0.29) is 0 Å². The van der Waals surface area contributed by atoms with Crippen molar-refractivity contribution in [3.05, 3.63) is 23.8 Å². The highest BCUT2D eigenvalue weighted by Gasteiger charge is 2.20. The number of methoxy groups -OCH3 is 1. The number of nitrogens with two attached hydrogens (primary N) is 1. The molecule has 1 rings (SSSR count). The van der Waals surface area contributed by atoms with Gasteiger partial charge in [-0.3, -0.25) is 0 Å². The molecule has 0 aliphatic carbocycles. The first-order chi connectivity index (χ1) is 7.10. The smallest absolute Gasteiger partial charge is 0.126 e. The maximum atomic E-state index is 9.79. The fourth-order valence-corrected chi connectivity index (χ4v) is 1.62. The molecule has 1 aromatic carbocycles. The third kappa shape index (κ3) is 2.84. The number of ether oxygens (including phenoxy) is 1. The molecule has 0 fully saturated rings. The molecule has 0 heterocycles. The lowest BCUT2D eigenvalue weighted by Crippen LogP contribution is -2.20. The van der Waals surface area contributed by atoms with E-state index in [1.165, 1.54) is 7.11 Å². The molecule has 4 N–H and O–H groups in total. The molecular formula is C10H14BrNO3. The van der Waals surface area contributed by atoms with Crippen LogP contribution in [0.5, 0.6) is 5.75 Å². The van der Waals surface area contributed by atoms with Crippen molar-refractivity contribution < 1.29 is 14.9 Å². The van der Waals surface area contributed by atoms with Crippen LogP contribution >= 0.6 is 15.9 Å². The Morgan fingerprint density at radius 1 is 1.47 bits per heavy atom. The predicted molar refractivity (Wildman–Crippen MR) is 62.2 cm³/mol. The highest BCUT2D eigenvalue weighted by atomic mass is 79.9. The lowest BCUT2D eigenvalue weighted by atomic mass is 10.0. The molecule has 1 aromatic rings. The highest BCUT2D eigenvalue weighted by Crippen LogP contribution is 2.29. The van der Waals surface area contributed by atoms with E-state index < -0.39 is 12.2 Å². The minimum Gasteiger partial charge on any atom is -0.496 e. The number of anilines is 1. The summed E-state index contributed by atoms with van der Waals surface area (Å²) in [7, 11) is 1.49. The van der Waals surface area contributed by atoms with Gasteiger partial charge in [0.05, 0.1) is 13.2 Å². The fourth-order valence-electron chi connectivity index (χ4n) is 1.26. The number of nitrogen functional groups attached to an aromatic ring is 1. The number of aliphatic hydroxyl groups excluding tert-OH is 2. The van der Waals surface area contributed by atoms with E-state index in [0.29, 0.717) is 22.3 Å². The third-order valence-electron chi connectivity index (χ3n) is 2.10. The first kappa shape index (κ1) is 12.3. The van der Waals surface area contributed by atoms with E-state index in [2.05, 4.69) is 15.9 Å². The minimum atomic E-state index is -0.986. The van der Waals surface area contributed by atoms with Gasteiger partial charge >= 0.3 is 0 Å². The van der Waals surface area contributed by atoms with Gasteiger partial charge in [-0.25, -0.2) is 0 Å². The van der Waals surface area contributed by atoms with Crippen molar-refractivity contribution in [3.63, 3.8) is 0 Å². The lowest BCUT2D eigenvalue weighted by molar-refractivity contribution is 0.0327. The van der Waals surface area contributed by atoms with Crippen LogP contribution in [0.2, 0.25) is 0 Å². The van der Waals surface area contributed by atoms with Crippen LogP contribution in [-0.2, 0) is 0 Å². The Hall–Kier alpha value is -0.780. The molecule has 0 spiro atoms. The molecular weight excluding hydrogens is 262 g/mol. The zero-order valence-corrected chi connectivity index (χ0v) is 9.94. The van der Waals surface area contributed by atoms with Gasteiger partial charge in [-0.05, 0) is 6.07 Å². The first-order valence-corrected chi connectivity index (χ1v) is 5.57. The Morgan fingerprint density at radius 3 is 2.67 bits per heavy atom. The van der Waals surface area contributed by atoms with Crippen LogP contribution in [0.4, 0.5) is 5.69 Å². The standard InChI is InChI=1S/C10H14BrNO3/c1-15-9-4-6(12)2-3-7(9)10(14)8(13)5-11/h2-4,8,10,13-14H,5,12H2,1H3. The van der Waals surface area contributed by atoms with E-state index in [0.717, 1.165) is 0 Å². The summed E-state index contributed by atoms with van der Waals surface area (Å²) in [4.78, 5) is 0. The molecule has 2 unspecified atom stereocenters. The quantitative estimate of drug-likeness (QED) is 0.568. The van der Waals surface area contributed by atoms with Crippen LogP contribution in [-0.4, -0.2) is 28.8 Å². The normalized spacial score (nSPS) is 14.7. The Labute approximate surface area is 96.8 Å². The van der Waals surface area contributed by atoms with Gasteiger partial charge in [0.2, 0.25) is 0 Å². The zero-order chi connectivity index (χ0) is 11.4. The van der Waals surface area contributed by atoms with Gasteiger partial charge in [-0.15, -0.1) is 0 Å². The van der Waals surface area contributed by atoms with Gasteiger partial charge in [0.15, 0.2) is 0 Å². The van der Waals surface area contributed by atoms with Crippen LogP contribution in [0, 0.1) is 0 Å². The molecule has 0 aromatic heterocycles.